The van der Waals surface area contributed by atoms with Gasteiger partial charge in [-0.05, 0) is 48.1 Å². The minimum Gasteiger partial charge on any atom is -0.289 e. The monoisotopic (exact) mass is 309 g/mol. The molecule has 1 atom stereocenters. The van der Waals surface area contributed by atoms with Gasteiger partial charge in [-0.15, -0.1) is 0 Å². The van der Waals surface area contributed by atoms with Crippen LogP contribution in [0.1, 0.15) is 30.5 Å². The average Bonchev–Trinajstić information content (AvgIpc) is 2.31. The first kappa shape index (κ1) is 14.8. The van der Waals surface area contributed by atoms with E-state index in [1.54, 1.807) is 0 Å². The Hall–Kier alpha value is -1.25. The van der Waals surface area contributed by atoms with E-state index in [9.17, 15) is 0 Å². The molecule has 0 amide bonds. The summed E-state index contributed by atoms with van der Waals surface area (Å²) < 4.78 is 1.21. The lowest BCUT2D eigenvalue weighted by molar-refractivity contribution is -0.191. The molecule has 0 aromatic heterocycles. The Morgan fingerprint density at radius 1 is 1.39 bits per heavy atom. The second kappa shape index (κ2) is 6.62. The van der Waals surface area contributed by atoms with Crippen molar-refractivity contribution in [1.82, 2.24) is 0 Å². The topological polar surface area (TPSA) is 46.5 Å². The highest BCUT2D eigenvalue weighted by Crippen LogP contribution is 2.26. The summed E-state index contributed by atoms with van der Waals surface area (Å²) in [7, 11) is 0. The van der Waals surface area contributed by atoms with Crippen molar-refractivity contribution in [3.63, 3.8) is 0 Å². The zero-order chi connectivity index (χ0) is 13.7. The van der Waals surface area contributed by atoms with Crippen LogP contribution in [0.25, 0.3) is 0 Å². The van der Waals surface area contributed by atoms with Gasteiger partial charge in [0, 0.05) is 10.7 Å². The van der Waals surface area contributed by atoms with Crippen molar-refractivity contribution in [2.45, 2.75) is 33.2 Å². The van der Waals surface area contributed by atoms with Crippen LogP contribution in [0, 0.1) is 12.8 Å². The number of fused-ring (bicyclic) bond motifs is 1. The van der Waals surface area contributed by atoms with Gasteiger partial charge in [0.1, 0.15) is 0 Å². The molecule has 18 heavy (non-hydrogen) atoms. The van der Waals surface area contributed by atoms with Crippen molar-refractivity contribution in [2.75, 3.05) is 0 Å². The zero-order valence-corrected chi connectivity index (χ0v) is 12.3. The van der Waals surface area contributed by atoms with Crippen LogP contribution in [0.5, 0.6) is 0 Å². The van der Waals surface area contributed by atoms with Crippen molar-refractivity contribution in [1.29, 1.82) is 0 Å². The van der Waals surface area contributed by atoms with E-state index in [4.69, 9.17) is 9.59 Å². The Kier molecular flexibility index (Phi) is 5.45. The third-order valence-corrected chi connectivity index (χ3v) is 3.88. The van der Waals surface area contributed by atoms with Gasteiger partial charge < -0.3 is 0 Å². The molecule has 1 unspecified atom stereocenters. The Bertz CT molecular complexity index is 489. The largest absolute Gasteiger partial charge is 0.373 e. The Morgan fingerprint density at radius 3 is 2.56 bits per heavy atom. The third-order valence-electron chi connectivity index (χ3n) is 3.02. The van der Waals surface area contributed by atoms with E-state index >= 15 is 0 Å². The lowest BCUT2D eigenvalue weighted by Gasteiger charge is -2.22. The molecule has 96 valence electrons. The van der Waals surface area contributed by atoms with Crippen molar-refractivity contribution < 1.29 is 9.59 Å². The van der Waals surface area contributed by atoms with Gasteiger partial charge in [0.25, 0.3) is 0 Å². The first-order valence-corrected chi connectivity index (χ1v) is 6.60. The molecular formula is C14H16BrNO2. The summed E-state index contributed by atoms with van der Waals surface area (Å²) in [5.74, 6) is 0.620. The quantitative estimate of drug-likeness (QED) is 0.800. The predicted octanol–water partition coefficient (Wildman–Crippen LogP) is 3.17. The molecule has 3 nitrogen and oxygen atoms in total. The molecule has 0 spiro atoms. The minimum atomic E-state index is 0.250. The molecule has 0 aliphatic carbocycles. The molecule has 0 saturated carbocycles. The summed E-state index contributed by atoms with van der Waals surface area (Å²) in [4.78, 5) is 20.9. The van der Waals surface area contributed by atoms with Gasteiger partial charge in [-0.2, -0.15) is 9.59 Å². The number of hydrogen-bond acceptors (Lipinski definition) is 3. The molecular weight excluding hydrogens is 294 g/mol. The van der Waals surface area contributed by atoms with E-state index in [2.05, 4.69) is 53.8 Å². The number of carbonyl (C=O) groups excluding carboxylic acids is 2. The number of rotatable bonds is 1. The van der Waals surface area contributed by atoms with Crippen LogP contribution in [0.15, 0.2) is 21.6 Å². The summed E-state index contributed by atoms with van der Waals surface area (Å²) in [5, 5.41) is 0. The van der Waals surface area contributed by atoms with Crippen LogP contribution in [0.2, 0.25) is 0 Å². The molecule has 2 rings (SSSR count). The molecule has 0 saturated heterocycles. The van der Waals surface area contributed by atoms with Gasteiger partial charge in [-0.1, -0.05) is 29.8 Å². The van der Waals surface area contributed by atoms with Crippen molar-refractivity contribution in [3.8, 4) is 0 Å². The van der Waals surface area contributed by atoms with E-state index in [1.807, 2.05) is 6.21 Å². The summed E-state index contributed by atoms with van der Waals surface area (Å²) in [5.41, 5.74) is 3.98. The standard InChI is InChI=1S/C13H16BrN.CO2/c1-8(2)13-6-10-5-12(14)9(3)4-11(10)7-15-13;2-1-3/h4-5,7-8,13H,6H2,1-3H3;. The fourth-order valence-corrected chi connectivity index (χ4v) is 2.29. The maximum Gasteiger partial charge on any atom is 0.373 e. The highest BCUT2D eigenvalue weighted by molar-refractivity contribution is 9.10. The molecule has 4 heteroatoms. The number of benzene rings is 1. The van der Waals surface area contributed by atoms with Gasteiger partial charge in [0.05, 0.1) is 6.04 Å². The van der Waals surface area contributed by atoms with Crippen LogP contribution < -0.4 is 0 Å². The van der Waals surface area contributed by atoms with E-state index in [0.717, 1.165) is 6.42 Å². The molecule has 0 fully saturated rings. The van der Waals surface area contributed by atoms with Gasteiger partial charge >= 0.3 is 6.15 Å². The van der Waals surface area contributed by atoms with Gasteiger partial charge in [-0.3, -0.25) is 4.99 Å². The number of aliphatic imine (C=N–C) groups is 1. The third kappa shape index (κ3) is 3.62. The normalized spacial score (nSPS) is 16.6. The fraction of sp³-hybridized carbons (Fsp3) is 0.429. The molecule has 0 radical (unpaired) electrons. The zero-order valence-electron chi connectivity index (χ0n) is 10.7. The van der Waals surface area contributed by atoms with Crippen LogP contribution in [-0.4, -0.2) is 18.4 Å². The van der Waals surface area contributed by atoms with Crippen LogP contribution in [0.4, 0.5) is 0 Å². The van der Waals surface area contributed by atoms with E-state index < -0.39 is 0 Å². The first-order valence-electron chi connectivity index (χ1n) is 5.81. The predicted molar refractivity (Wildman–Crippen MR) is 73.8 cm³/mol. The fourth-order valence-electron chi connectivity index (χ4n) is 1.90. The van der Waals surface area contributed by atoms with E-state index in [-0.39, 0.29) is 6.15 Å². The number of nitrogens with zero attached hydrogens (tertiary/aromatic N) is 1. The maximum atomic E-state index is 8.12. The molecule has 0 N–H and O–H groups in total. The smallest absolute Gasteiger partial charge is 0.289 e. The summed E-state index contributed by atoms with van der Waals surface area (Å²) in [6, 6.07) is 4.90. The van der Waals surface area contributed by atoms with Gasteiger partial charge in [0.15, 0.2) is 0 Å². The maximum absolute atomic E-state index is 8.12. The van der Waals surface area contributed by atoms with Crippen molar-refractivity contribution >= 4 is 28.3 Å². The van der Waals surface area contributed by atoms with Crippen LogP contribution in [0.3, 0.4) is 0 Å². The average molecular weight is 310 g/mol. The van der Waals surface area contributed by atoms with Crippen molar-refractivity contribution in [3.05, 3.63) is 33.3 Å². The highest BCUT2D eigenvalue weighted by Gasteiger charge is 2.18. The number of halogens is 1. The molecule has 0 bridgehead atoms. The van der Waals surface area contributed by atoms with Crippen LogP contribution >= 0.6 is 15.9 Å². The molecule has 1 aliphatic rings. The Balaban J connectivity index is 0.000000492. The lowest BCUT2D eigenvalue weighted by atomic mass is 9.91. The van der Waals surface area contributed by atoms with E-state index in [0.29, 0.717) is 12.0 Å². The number of aryl methyl sites for hydroxylation is 1. The Labute approximate surface area is 115 Å². The highest BCUT2D eigenvalue weighted by atomic mass is 79.9. The molecule has 1 aromatic carbocycles. The second-order valence-corrected chi connectivity index (χ2v) is 5.53. The molecule has 1 aromatic rings. The summed E-state index contributed by atoms with van der Waals surface area (Å²) in [6.45, 7) is 6.58. The Morgan fingerprint density at radius 2 is 2.00 bits per heavy atom. The minimum absolute atomic E-state index is 0.250. The first-order chi connectivity index (χ1) is 8.49. The van der Waals surface area contributed by atoms with Crippen LogP contribution in [-0.2, 0) is 16.0 Å². The van der Waals surface area contributed by atoms with Gasteiger partial charge in [0.2, 0.25) is 0 Å². The SMILES string of the molecule is Cc1cc2c(cc1Br)CC(C(C)C)N=C2.O=C=O. The number of hydrogen-bond donors (Lipinski definition) is 0. The molecule has 1 heterocycles. The van der Waals surface area contributed by atoms with E-state index in [1.165, 1.54) is 21.2 Å². The summed E-state index contributed by atoms with van der Waals surface area (Å²) in [6.07, 6.45) is 3.35. The van der Waals surface area contributed by atoms with Gasteiger partial charge in [-0.25, -0.2) is 0 Å². The second-order valence-electron chi connectivity index (χ2n) is 4.68. The van der Waals surface area contributed by atoms with Crippen molar-refractivity contribution in [2.24, 2.45) is 10.9 Å². The lowest BCUT2D eigenvalue weighted by Crippen LogP contribution is -2.21. The molecule has 1 aliphatic heterocycles. The summed E-state index contributed by atoms with van der Waals surface area (Å²) >= 11 is 3.59.